The van der Waals surface area contributed by atoms with Gasteiger partial charge in [0.1, 0.15) is 5.69 Å². The minimum atomic E-state index is -0.415. The normalized spacial score (nSPS) is 12.3. The van der Waals surface area contributed by atoms with Gasteiger partial charge in [0, 0.05) is 6.54 Å². The fraction of sp³-hybridized carbons (Fsp3) is 0.538. The number of benzene rings is 1. The Morgan fingerprint density at radius 1 is 1.39 bits per heavy atom. The molecule has 5 heteroatoms. The average molecular weight is 252 g/mol. The lowest BCUT2D eigenvalue weighted by molar-refractivity contribution is -0.384. The quantitative estimate of drug-likeness (QED) is 0.623. The number of nitrogens with zero attached hydrogens (tertiary/aromatic N) is 1. The number of methoxy groups -OCH3 is 1. The molecule has 1 rings (SSSR count). The predicted octanol–water partition coefficient (Wildman–Crippen LogP) is 3.31. The van der Waals surface area contributed by atoms with Crippen LogP contribution in [0.25, 0.3) is 0 Å². The molecule has 18 heavy (non-hydrogen) atoms. The zero-order valence-corrected chi connectivity index (χ0v) is 11.3. The van der Waals surface area contributed by atoms with Crippen molar-refractivity contribution < 1.29 is 9.66 Å². The lowest BCUT2D eigenvalue weighted by atomic mass is 9.98. The third-order valence-electron chi connectivity index (χ3n) is 3.15. The SMILES string of the molecule is COc1cccc(NCC(C)C(C)C)c1[N+](=O)[O-]. The summed E-state index contributed by atoms with van der Waals surface area (Å²) in [5.74, 6) is 1.25. The van der Waals surface area contributed by atoms with E-state index in [0.717, 1.165) is 0 Å². The van der Waals surface area contributed by atoms with Crippen LogP contribution in [0.4, 0.5) is 11.4 Å². The van der Waals surface area contributed by atoms with E-state index in [2.05, 4.69) is 26.1 Å². The summed E-state index contributed by atoms with van der Waals surface area (Å²) in [6.45, 7) is 7.08. The number of nitrogens with one attached hydrogen (secondary N) is 1. The van der Waals surface area contributed by atoms with Crippen LogP contribution < -0.4 is 10.1 Å². The topological polar surface area (TPSA) is 64.4 Å². The van der Waals surface area contributed by atoms with E-state index in [9.17, 15) is 10.1 Å². The number of hydrogen-bond acceptors (Lipinski definition) is 4. The lowest BCUT2D eigenvalue weighted by Gasteiger charge is -2.17. The van der Waals surface area contributed by atoms with Gasteiger partial charge in [-0.05, 0) is 24.0 Å². The third kappa shape index (κ3) is 3.35. The second kappa shape index (κ2) is 6.23. The first-order chi connectivity index (χ1) is 8.47. The summed E-state index contributed by atoms with van der Waals surface area (Å²) in [7, 11) is 1.43. The molecule has 0 saturated carbocycles. The number of anilines is 1. The van der Waals surface area contributed by atoms with Gasteiger partial charge < -0.3 is 10.1 Å². The molecular formula is C13H20N2O3. The maximum atomic E-state index is 11.1. The van der Waals surface area contributed by atoms with Gasteiger partial charge in [0.25, 0.3) is 0 Å². The van der Waals surface area contributed by atoms with Crippen molar-refractivity contribution in [2.24, 2.45) is 11.8 Å². The first-order valence-electron chi connectivity index (χ1n) is 6.02. The van der Waals surface area contributed by atoms with E-state index < -0.39 is 4.92 Å². The Labute approximate surface area is 107 Å². The van der Waals surface area contributed by atoms with Crippen LogP contribution in [-0.4, -0.2) is 18.6 Å². The molecule has 0 aliphatic rings. The highest BCUT2D eigenvalue weighted by Gasteiger charge is 2.20. The van der Waals surface area contributed by atoms with E-state index in [0.29, 0.717) is 24.1 Å². The summed E-state index contributed by atoms with van der Waals surface area (Å²) in [6, 6.07) is 5.04. The van der Waals surface area contributed by atoms with E-state index in [4.69, 9.17) is 4.74 Å². The molecule has 0 radical (unpaired) electrons. The number of ether oxygens (including phenoxy) is 1. The summed E-state index contributed by atoms with van der Waals surface area (Å²) >= 11 is 0. The predicted molar refractivity (Wildman–Crippen MR) is 72.1 cm³/mol. The van der Waals surface area contributed by atoms with Crippen molar-refractivity contribution in [1.82, 2.24) is 0 Å². The molecule has 0 spiro atoms. The Morgan fingerprint density at radius 2 is 2.06 bits per heavy atom. The fourth-order valence-electron chi connectivity index (χ4n) is 1.52. The van der Waals surface area contributed by atoms with Crippen LogP contribution in [0.3, 0.4) is 0 Å². The summed E-state index contributed by atoms with van der Waals surface area (Å²) in [5.41, 5.74) is 0.503. The number of para-hydroxylation sites is 1. The van der Waals surface area contributed by atoms with E-state index in [1.807, 2.05) is 0 Å². The van der Waals surface area contributed by atoms with Gasteiger partial charge in [-0.25, -0.2) is 0 Å². The van der Waals surface area contributed by atoms with Gasteiger partial charge in [0.2, 0.25) is 0 Å². The molecule has 100 valence electrons. The third-order valence-corrected chi connectivity index (χ3v) is 3.15. The van der Waals surface area contributed by atoms with Crippen LogP contribution in [0.2, 0.25) is 0 Å². The summed E-state index contributed by atoms with van der Waals surface area (Å²) in [5, 5.41) is 14.2. The molecule has 0 fully saturated rings. The Bertz CT molecular complexity index is 419. The Hall–Kier alpha value is -1.78. The van der Waals surface area contributed by atoms with Crippen molar-refractivity contribution in [3.8, 4) is 5.75 Å². The molecule has 0 amide bonds. The Kier molecular flexibility index (Phi) is 4.95. The molecule has 1 unspecified atom stereocenters. The zero-order chi connectivity index (χ0) is 13.7. The van der Waals surface area contributed by atoms with E-state index >= 15 is 0 Å². The van der Waals surface area contributed by atoms with Gasteiger partial charge in [0.05, 0.1) is 12.0 Å². The largest absolute Gasteiger partial charge is 0.490 e. The van der Waals surface area contributed by atoms with Crippen LogP contribution in [-0.2, 0) is 0 Å². The highest BCUT2D eigenvalue weighted by Crippen LogP contribution is 2.34. The maximum absolute atomic E-state index is 11.1. The first kappa shape index (κ1) is 14.3. The Balaban J connectivity index is 2.91. The second-order valence-corrected chi connectivity index (χ2v) is 4.72. The standard InChI is InChI=1S/C13H20N2O3/c1-9(2)10(3)8-14-11-6-5-7-12(18-4)13(11)15(16)17/h5-7,9-10,14H,8H2,1-4H3. The molecule has 0 aliphatic carbocycles. The Morgan fingerprint density at radius 3 is 2.56 bits per heavy atom. The minimum absolute atomic E-state index is 0.00374. The van der Waals surface area contributed by atoms with Crippen molar-refractivity contribution in [3.63, 3.8) is 0 Å². The van der Waals surface area contributed by atoms with Gasteiger partial charge in [-0.1, -0.05) is 26.8 Å². The number of rotatable bonds is 6. The summed E-state index contributed by atoms with van der Waals surface area (Å²) < 4.78 is 5.02. The van der Waals surface area contributed by atoms with E-state index in [-0.39, 0.29) is 11.4 Å². The van der Waals surface area contributed by atoms with Crippen molar-refractivity contribution in [3.05, 3.63) is 28.3 Å². The number of hydrogen-bond donors (Lipinski definition) is 1. The highest BCUT2D eigenvalue weighted by molar-refractivity contribution is 5.68. The molecule has 0 aromatic heterocycles. The van der Waals surface area contributed by atoms with Gasteiger partial charge in [-0.15, -0.1) is 0 Å². The zero-order valence-electron chi connectivity index (χ0n) is 11.3. The van der Waals surface area contributed by atoms with E-state index in [1.165, 1.54) is 7.11 Å². The maximum Gasteiger partial charge on any atom is 0.333 e. The van der Waals surface area contributed by atoms with Crippen LogP contribution in [0.5, 0.6) is 5.75 Å². The van der Waals surface area contributed by atoms with Crippen LogP contribution >= 0.6 is 0 Å². The molecular weight excluding hydrogens is 232 g/mol. The second-order valence-electron chi connectivity index (χ2n) is 4.72. The van der Waals surface area contributed by atoms with Crippen LogP contribution in [0.15, 0.2) is 18.2 Å². The van der Waals surface area contributed by atoms with Gasteiger partial charge in [0.15, 0.2) is 5.75 Å². The summed E-state index contributed by atoms with van der Waals surface area (Å²) in [4.78, 5) is 10.7. The molecule has 0 heterocycles. The lowest BCUT2D eigenvalue weighted by Crippen LogP contribution is -2.17. The average Bonchev–Trinajstić information content (AvgIpc) is 2.34. The molecule has 0 bridgehead atoms. The van der Waals surface area contributed by atoms with Crippen molar-refractivity contribution in [1.29, 1.82) is 0 Å². The number of nitro groups is 1. The smallest absolute Gasteiger partial charge is 0.333 e. The van der Waals surface area contributed by atoms with Gasteiger partial charge in [-0.3, -0.25) is 10.1 Å². The minimum Gasteiger partial charge on any atom is -0.490 e. The summed E-state index contributed by atoms with van der Waals surface area (Å²) in [6.07, 6.45) is 0. The molecule has 0 aliphatic heterocycles. The van der Waals surface area contributed by atoms with Crippen LogP contribution in [0, 0.1) is 22.0 Å². The molecule has 5 nitrogen and oxygen atoms in total. The van der Waals surface area contributed by atoms with Crippen molar-refractivity contribution in [2.75, 3.05) is 19.0 Å². The van der Waals surface area contributed by atoms with Crippen molar-refractivity contribution >= 4 is 11.4 Å². The first-order valence-corrected chi connectivity index (χ1v) is 6.02. The highest BCUT2D eigenvalue weighted by atomic mass is 16.6. The van der Waals surface area contributed by atoms with Crippen LogP contribution in [0.1, 0.15) is 20.8 Å². The van der Waals surface area contributed by atoms with E-state index in [1.54, 1.807) is 18.2 Å². The number of nitro benzene ring substituents is 1. The van der Waals surface area contributed by atoms with Crippen molar-refractivity contribution in [2.45, 2.75) is 20.8 Å². The molecule has 1 aromatic rings. The molecule has 1 atom stereocenters. The molecule has 1 N–H and O–H groups in total. The van der Waals surface area contributed by atoms with Gasteiger partial charge in [-0.2, -0.15) is 0 Å². The molecule has 0 saturated heterocycles. The monoisotopic (exact) mass is 252 g/mol. The van der Waals surface area contributed by atoms with Gasteiger partial charge >= 0.3 is 5.69 Å². The molecule has 1 aromatic carbocycles. The fourth-order valence-corrected chi connectivity index (χ4v) is 1.52.